The molecular weight excluding hydrogens is 443 g/mol. The van der Waals surface area contributed by atoms with Crippen LogP contribution in [0.1, 0.15) is 36.1 Å². The molecule has 26 heavy (non-hydrogen) atoms. The third-order valence-electron chi connectivity index (χ3n) is 5.03. The van der Waals surface area contributed by atoms with Crippen LogP contribution in [-0.2, 0) is 13.0 Å². The average molecular weight is 468 g/mol. The van der Waals surface area contributed by atoms with Crippen LogP contribution in [0.2, 0.25) is 0 Å². The Bertz CT molecular complexity index is 790. The van der Waals surface area contributed by atoms with Crippen LogP contribution in [-0.4, -0.2) is 33.9 Å². The summed E-state index contributed by atoms with van der Waals surface area (Å²) in [5.74, 6) is 3.98. The Morgan fingerprint density at radius 3 is 3.08 bits per heavy atom. The summed E-state index contributed by atoms with van der Waals surface area (Å²) in [6.07, 6.45) is 2.93. The number of benzene rings is 1. The molecule has 0 amide bonds. The first-order chi connectivity index (χ1) is 12.2. The highest BCUT2D eigenvalue weighted by molar-refractivity contribution is 14.0. The molecule has 8 heteroatoms. The molecule has 2 aromatic rings. The van der Waals surface area contributed by atoms with Crippen LogP contribution in [0.15, 0.2) is 29.3 Å². The molecular formula is C18H25IN6O. The summed E-state index contributed by atoms with van der Waals surface area (Å²) in [6.45, 7) is 4.34. The number of fused-ring (bicyclic) bond motifs is 2. The minimum atomic E-state index is 0. The first-order valence-electron chi connectivity index (χ1n) is 8.87. The molecule has 3 heterocycles. The van der Waals surface area contributed by atoms with Gasteiger partial charge in [-0.25, -0.2) is 0 Å². The third kappa shape index (κ3) is 3.94. The van der Waals surface area contributed by atoms with E-state index in [2.05, 4.69) is 31.1 Å². The van der Waals surface area contributed by atoms with Gasteiger partial charge in [-0.1, -0.05) is 18.2 Å². The lowest BCUT2D eigenvalue weighted by Gasteiger charge is -2.27. The fourth-order valence-corrected chi connectivity index (χ4v) is 3.62. The van der Waals surface area contributed by atoms with Crippen molar-refractivity contribution in [2.45, 2.75) is 38.8 Å². The molecule has 0 aliphatic carbocycles. The monoisotopic (exact) mass is 468 g/mol. The van der Waals surface area contributed by atoms with Crippen molar-refractivity contribution in [3.8, 4) is 5.75 Å². The number of ether oxygens (including phenoxy) is 1. The van der Waals surface area contributed by atoms with Crippen LogP contribution >= 0.6 is 24.0 Å². The zero-order valence-electron chi connectivity index (χ0n) is 14.9. The molecule has 2 aliphatic rings. The van der Waals surface area contributed by atoms with Crippen LogP contribution in [0, 0.1) is 12.8 Å². The standard InChI is InChI=1S/C18H24N6O.HI/c1-12-22-23-17-7-6-13(11-24(12)17)10-20-18(19)21-15-8-9-25-16-5-3-2-4-14(15)16;/h2-5,13,15H,6-11H2,1H3,(H3,19,20,21);1H. The number of hydrogen-bond donors (Lipinski definition) is 2. The quantitative estimate of drug-likeness (QED) is 0.410. The fraction of sp³-hybridized carbons (Fsp3) is 0.500. The van der Waals surface area contributed by atoms with Gasteiger partial charge in [-0.15, -0.1) is 34.2 Å². The highest BCUT2D eigenvalue weighted by atomic mass is 127. The number of halogens is 1. The Morgan fingerprint density at radius 1 is 1.35 bits per heavy atom. The molecule has 3 N–H and O–H groups in total. The summed E-state index contributed by atoms with van der Waals surface area (Å²) in [5, 5.41) is 11.7. The Hall–Kier alpha value is -1.84. The van der Waals surface area contributed by atoms with E-state index in [0.29, 0.717) is 18.5 Å². The number of guanidine groups is 1. The molecule has 0 bridgehead atoms. The molecule has 0 fully saturated rings. The zero-order valence-corrected chi connectivity index (χ0v) is 17.2. The maximum Gasteiger partial charge on any atom is 0.189 e. The van der Waals surface area contributed by atoms with Gasteiger partial charge in [0.15, 0.2) is 5.96 Å². The molecule has 1 aromatic carbocycles. The summed E-state index contributed by atoms with van der Waals surface area (Å²) in [4.78, 5) is 4.59. The number of hydrogen-bond acceptors (Lipinski definition) is 4. The minimum absolute atomic E-state index is 0. The van der Waals surface area contributed by atoms with Crippen molar-refractivity contribution in [3.63, 3.8) is 0 Å². The number of aryl methyl sites for hydroxylation is 2. The van der Waals surface area contributed by atoms with Crippen molar-refractivity contribution in [1.29, 1.82) is 0 Å². The van der Waals surface area contributed by atoms with E-state index in [9.17, 15) is 0 Å². The minimum Gasteiger partial charge on any atom is -0.493 e. The Kier molecular flexibility index (Phi) is 6.00. The van der Waals surface area contributed by atoms with E-state index in [1.807, 2.05) is 25.1 Å². The SMILES string of the molecule is Cc1nnc2n1CC(CN=C(N)NC1CCOc3ccccc31)CC2.I. The second-order valence-electron chi connectivity index (χ2n) is 6.78. The second-order valence-corrected chi connectivity index (χ2v) is 6.78. The number of aliphatic imine (C=N–C) groups is 1. The number of aromatic nitrogens is 3. The highest BCUT2D eigenvalue weighted by Gasteiger charge is 2.23. The van der Waals surface area contributed by atoms with Crippen molar-refractivity contribution in [2.75, 3.05) is 13.2 Å². The summed E-state index contributed by atoms with van der Waals surface area (Å²) in [6, 6.07) is 8.25. The maximum absolute atomic E-state index is 6.15. The number of para-hydroxylation sites is 1. The smallest absolute Gasteiger partial charge is 0.189 e. The van der Waals surface area contributed by atoms with Gasteiger partial charge in [-0.3, -0.25) is 4.99 Å². The summed E-state index contributed by atoms with van der Waals surface area (Å²) >= 11 is 0. The molecule has 0 spiro atoms. The molecule has 0 saturated heterocycles. The van der Waals surface area contributed by atoms with Gasteiger partial charge >= 0.3 is 0 Å². The van der Waals surface area contributed by atoms with Crippen LogP contribution in [0.5, 0.6) is 5.75 Å². The van der Waals surface area contributed by atoms with E-state index in [-0.39, 0.29) is 30.0 Å². The lowest BCUT2D eigenvalue weighted by Crippen LogP contribution is -2.38. The molecule has 2 unspecified atom stereocenters. The molecule has 2 aliphatic heterocycles. The number of nitrogens with zero attached hydrogens (tertiary/aromatic N) is 4. The van der Waals surface area contributed by atoms with Gasteiger partial charge in [-0.05, 0) is 25.3 Å². The number of nitrogens with two attached hydrogens (primary N) is 1. The summed E-state index contributed by atoms with van der Waals surface area (Å²) in [5.41, 5.74) is 7.30. The van der Waals surface area contributed by atoms with Gasteiger partial charge in [0, 0.05) is 31.5 Å². The molecule has 0 radical (unpaired) electrons. The van der Waals surface area contributed by atoms with Gasteiger partial charge in [0.05, 0.1) is 12.6 Å². The van der Waals surface area contributed by atoms with Crippen molar-refractivity contribution in [1.82, 2.24) is 20.1 Å². The average Bonchev–Trinajstić information content (AvgIpc) is 3.01. The first kappa shape index (κ1) is 18.9. The number of nitrogens with one attached hydrogen (secondary N) is 1. The van der Waals surface area contributed by atoms with Crippen LogP contribution in [0.4, 0.5) is 0 Å². The van der Waals surface area contributed by atoms with Gasteiger partial charge in [0.25, 0.3) is 0 Å². The van der Waals surface area contributed by atoms with Crippen molar-refractivity contribution >= 4 is 29.9 Å². The van der Waals surface area contributed by atoms with E-state index < -0.39 is 0 Å². The van der Waals surface area contributed by atoms with Crippen molar-refractivity contribution < 1.29 is 4.74 Å². The van der Waals surface area contributed by atoms with E-state index in [0.717, 1.165) is 55.3 Å². The maximum atomic E-state index is 6.15. The van der Waals surface area contributed by atoms with Crippen molar-refractivity contribution in [2.24, 2.45) is 16.6 Å². The third-order valence-corrected chi connectivity index (χ3v) is 5.03. The topological polar surface area (TPSA) is 90.4 Å². The molecule has 2 atom stereocenters. The normalized spacial score (nSPS) is 21.8. The van der Waals surface area contributed by atoms with Crippen molar-refractivity contribution in [3.05, 3.63) is 41.5 Å². The van der Waals surface area contributed by atoms with Crippen LogP contribution < -0.4 is 15.8 Å². The molecule has 4 rings (SSSR count). The van der Waals surface area contributed by atoms with E-state index in [4.69, 9.17) is 10.5 Å². The van der Waals surface area contributed by atoms with Gasteiger partial charge in [0.1, 0.15) is 17.4 Å². The van der Waals surface area contributed by atoms with E-state index in [1.165, 1.54) is 0 Å². The second kappa shape index (κ2) is 8.24. The van der Waals surface area contributed by atoms with Crippen LogP contribution in [0.3, 0.4) is 0 Å². The van der Waals surface area contributed by atoms with Gasteiger partial charge in [0.2, 0.25) is 0 Å². The predicted octanol–water partition coefficient (Wildman–Crippen LogP) is 2.20. The predicted molar refractivity (Wildman–Crippen MR) is 111 cm³/mol. The molecule has 7 nitrogen and oxygen atoms in total. The van der Waals surface area contributed by atoms with Gasteiger partial charge in [-0.2, -0.15) is 0 Å². The molecule has 0 saturated carbocycles. The highest BCUT2D eigenvalue weighted by Crippen LogP contribution is 2.31. The molecule has 1 aromatic heterocycles. The summed E-state index contributed by atoms with van der Waals surface area (Å²) < 4.78 is 7.89. The Morgan fingerprint density at radius 2 is 2.19 bits per heavy atom. The fourth-order valence-electron chi connectivity index (χ4n) is 3.62. The Labute approximate surface area is 170 Å². The van der Waals surface area contributed by atoms with E-state index in [1.54, 1.807) is 0 Å². The lowest BCUT2D eigenvalue weighted by molar-refractivity contribution is 0.262. The lowest BCUT2D eigenvalue weighted by atomic mass is 9.99. The van der Waals surface area contributed by atoms with E-state index >= 15 is 0 Å². The number of rotatable bonds is 3. The Balaban J connectivity index is 0.00000196. The van der Waals surface area contributed by atoms with Crippen LogP contribution in [0.25, 0.3) is 0 Å². The molecule has 140 valence electrons. The first-order valence-corrected chi connectivity index (χ1v) is 8.87. The zero-order chi connectivity index (χ0) is 17.2. The van der Waals surface area contributed by atoms with Gasteiger partial charge < -0.3 is 20.4 Å². The summed E-state index contributed by atoms with van der Waals surface area (Å²) in [7, 11) is 0. The largest absolute Gasteiger partial charge is 0.493 e.